The van der Waals surface area contributed by atoms with Crippen LogP contribution in [-0.4, -0.2) is 17.5 Å². The number of hydrogen-bond donors (Lipinski definition) is 2. The minimum atomic E-state index is -1.74. The number of halogens is 1. The van der Waals surface area contributed by atoms with Gasteiger partial charge in [-0.25, -0.2) is 9.18 Å². The van der Waals surface area contributed by atoms with Gasteiger partial charge in [0.05, 0.1) is 0 Å². The van der Waals surface area contributed by atoms with E-state index < -0.39 is 17.3 Å². The molecule has 1 amide bonds. The van der Waals surface area contributed by atoms with Crippen LogP contribution >= 0.6 is 0 Å². The Morgan fingerprint density at radius 2 is 2.13 bits per heavy atom. The Balaban J connectivity index is 3.27. The van der Waals surface area contributed by atoms with Crippen molar-refractivity contribution in [3.8, 4) is 0 Å². The molecule has 80 valence electrons. The molecule has 0 spiro atoms. The van der Waals surface area contributed by atoms with Gasteiger partial charge in [0.25, 0.3) is 0 Å². The topological polar surface area (TPSA) is 66.4 Å². The summed E-state index contributed by atoms with van der Waals surface area (Å²) in [5, 5.41) is 11.0. The zero-order chi connectivity index (χ0) is 11.5. The summed E-state index contributed by atoms with van der Waals surface area (Å²) in [6, 6.07) is 5.41. The van der Waals surface area contributed by atoms with Crippen molar-refractivity contribution in [2.75, 3.05) is 0 Å². The van der Waals surface area contributed by atoms with Crippen LogP contribution in [0.2, 0.25) is 0 Å². The van der Waals surface area contributed by atoms with Crippen LogP contribution in [0.3, 0.4) is 0 Å². The summed E-state index contributed by atoms with van der Waals surface area (Å²) in [5.41, 5.74) is -1.82. The molecule has 1 rings (SSSR count). The molecule has 0 fully saturated rings. The summed E-state index contributed by atoms with van der Waals surface area (Å²) >= 11 is 0. The highest BCUT2D eigenvalue weighted by Crippen LogP contribution is 2.23. The first-order valence-corrected chi connectivity index (χ1v) is 4.22. The monoisotopic (exact) mass is 211 g/mol. The number of carbonyl (C=O) groups is 2. The molecule has 5 heteroatoms. The average molecular weight is 211 g/mol. The van der Waals surface area contributed by atoms with Crippen molar-refractivity contribution in [3.63, 3.8) is 0 Å². The van der Waals surface area contributed by atoms with Crippen LogP contribution in [0.1, 0.15) is 12.5 Å². The molecule has 1 unspecified atom stereocenters. The number of rotatable bonds is 4. The number of carboxylic acid groups (broad SMARTS) is 1. The summed E-state index contributed by atoms with van der Waals surface area (Å²) < 4.78 is 13.3. The quantitative estimate of drug-likeness (QED) is 0.726. The summed E-state index contributed by atoms with van der Waals surface area (Å²) in [6.07, 6.45) is 0.237. The van der Waals surface area contributed by atoms with Crippen LogP contribution in [0, 0.1) is 5.82 Å². The van der Waals surface area contributed by atoms with Crippen molar-refractivity contribution in [1.29, 1.82) is 0 Å². The Labute approximate surface area is 85.7 Å². The van der Waals surface area contributed by atoms with Gasteiger partial charge >= 0.3 is 5.97 Å². The molecule has 0 saturated carbocycles. The lowest BCUT2D eigenvalue weighted by Crippen LogP contribution is -2.46. The molecule has 0 aliphatic rings. The van der Waals surface area contributed by atoms with E-state index >= 15 is 0 Å². The third-order valence-corrected chi connectivity index (χ3v) is 2.19. The Morgan fingerprint density at radius 3 is 2.60 bits per heavy atom. The highest BCUT2D eigenvalue weighted by atomic mass is 19.1. The van der Waals surface area contributed by atoms with E-state index in [0.29, 0.717) is 0 Å². The fourth-order valence-electron chi connectivity index (χ4n) is 1.24. The SMILES string of the molecule is CC(NC=O)(C(=O)O)c1ccccc1F. The Hall–Kier alpha value is -1.91. The standard InChI is InChI=1S/C10H10FNO3/c1-10(9(14)15,12-6-13)7-4-2-3-5-8(7)11/h2-6H,1H3,(H,12,13)(H,14,15). The van der Waals surface area contributed by atoms with E-state index in [4.69, 9.17) is 5.11 Å². The van der Waals surface area contributed by atoms with Crippen molar-refractivity contribution in [3.05, 3.63) is 35.6 Å². The average Bonchev–Trinajstić information content (AvgIpc) is 2.18. The van der Waals surface area contributed by atoms with Gasteiger partial charge in [0.15, 0.2) is 5.54 Å². The van der Waals surface area contributed by atoms with E-state index in [2.05, 4.69) is 5.32 Å². The normalized spacial score (nSPS) is 14.0. The molecule has 0 aliphatic carbocycles. The Kier molecular flexibility index (Phi) is 3.04. The molecule has 2 N–H and O–H groups in total. The molecule has 0 bridgehead atoms. The van der Waals surface area contributed by atoms with Crippen LogP contribution in [0.4, 0.5) is 4.39 Å². The van der Waals surface area contributed by atoms with Gasteiger partial charge in [0.1, 0.15) is 5.82 Å². The van der Waals surface area contributed by atoms with Gasteiger partial charge in [0.2, 0.25) is 6.41 Å². The number of aliphatic carboxylic acids is 1. The molecule has 0 aromatic heterocycles. The molecule has 4 nitrogen and oxygen atoms in total. The Morgan fingerprint density at radius 1 is 1.53 bits per heavy atom. The molecule has 0 radical (unpaired) electrons. The second-order valence-electron chi connectivity index (χ2n) is 3.17. The molecular formula is C10H10FNO3. The first-order valence-electron chi connectivity index (χ1n) is 4.22. The van der Waals surface area contributed by atoms with Crippen LogP contribution in [-0.2, 0) is 15.1 Å². The summed E-state index contributed by atoms with van der Waals surface area (Å²) in [5.74, 6) is -1.99. The Bertz CT molecular complexity index is 394. The number of benzene rings is 1. The van der Waals surface area contributed by atoms with Crippen molar-refractivity contribution >= 4 is 12.4 Å². The predicted octanol–water partition coefficient (Wildman–Crippen LogP) is 0.871. The lowest BCUT2D eigenvalue weighted by Gasteiger charge is -2.24. The van der Waals surface area contributed by atoms with Crippen LogP contribution in [0.5, 0.6) is 0 Å². The van der Waals surface area contributed by atoms with Crippen molar-refractivity contribution in [1.82, 2.24) is 5.32 Å². The van der Waals surface area contributed by atoms with Gasteiger partial charge in [-0.15, -0.1) is 0 Å². The molecule has 15 heavy (non-hydrogen) atoms. The minimum absolute atomic E-state index is 0.0791. The fraction of sp³-hybridized carbons (Fsp3) is 0.200. The zero-order valence-corrected chi connectivity index (χ0v) is 8.03. The number of hydrogen-bond acceptors (Lipinski definition) is 2. The second kappa shape index (κ2) is 4.08. The van der Waals surface area contributed by atoms with Crippen molar-refractivity contribution in [2.24, 2.45) is 0 Å². The molecule has 0 saturated heterocycles. The highest BCUT2D eigenvalue weighted by molar-refractivity contribution is 5.82. The predicted molar refractivity (Wildman–Crippen MR) is 50.6 cm³/mol. The highest BCUT2D eigenvalue weighted by Gasteiger charge is 2.36. The van der Waals surface area contributed by atoms with Gasteiger partial charge in [-0.3, -0.25) is 4.79 Å². The first kappa shape index (κ1) is 11.2. The maximum absolute atomic E-state index is 13.3. The van der Waals surface area contributed by atoms with Crippen LogP contribution in [0.25, 0.3) is 0 Å². The maximum atomic E-state index is 13.3. The molecular weight excluding hydrogens is 201 g/mol. The van der Waals surface area contributed by atoms with E-state index in [1.54, 1.807) is 0 Å². The molecule has 0 aliphatic heterocycles. The van der Waals surface area contributed by atoms with Crippen LogP contribution < -0.4 is 5.32 Å². The van der Waals surface area contributed by atoms with Crippen LogP contribution in [0.15, 0.2) is 24.3 Å². The number of nitrogens with one attached hydrogen (secondary N) is 1. The van der Waals surface area contributed by atoms with Gasteiger partial charge in [-0.1, -0.05) is 18.2 Å². The maximum Gasteiger partial charge on any atom is 0.333 e. The molecule has 0 heterocycles. The second-order valence-corrected chi connectivity index (χ2v) is 3.17. The van der Waals surface area contributed by atoms with E-state index in [1.807, 2.05) is 0 Å². The minimum Gasteiger partial charge on any atom is -0.479 e. The van der Waals surface area contributed by atoms with Gasteiger partial charge < -0.3 is 10.4 Å². The fourth-order valence-corrected chi connectivity index (χ4v) is 1.24. The number of amides is 1. The van der Waals surface area contributed by atoms with Crippen molar-refractivity contribution in [2.45, 2.75) is 12.5 Å². The smallest absolute Gasteiger partial charge is 0.333 e. The zero-order valence-electron chi connectivity index (χ0n) is 8.03. The van der Waals surface area contributed by atoms with Gasteiger partial charge in [-0.05, 0) is 13.0 Å². The van der Waals surface area contributed by atoms with Crippen molar-refractivity contribution < 1.29 is 19.1 Å². The third kappa shape index (κ3) is 1.96. The summed E-state index contributed by atoms with van der Waals surface area (Å²) in [6.45, 7) is 1.22. The lowest BCUT2D eigenvalue weighted by atomic mass is 9.92. The molecule has 1 aromatic rings. The third-order valence-electron chi connectivity index (χ3n) is 2.19. The summed E-state index contributed by atoms with van der Waals surface area (Å²) in [7, 11) is 0. The van der Waals surface area contributed by atoms with E-state index in [9.17, 15) is 14.0 Å². The van der Waals surface area contributed by atoms with E-state index in [1.165, 1.54) is 25.1 Å². The number of carbonyl (C=O) groups excluding carboxylic acids is 1. The lowest BCUT2D eigenvalue weighted by molar-refractivity contribution is -0.146. The largest absolute Gasteiger partial charge is 0.479 e. The molecule has 1 aromatic carbocycles. The summed E-state index contributed by atoms with van der Waals surface area (Å²) in [4.78, 5) is 21.3. The van der Waals surface area contributed by atoms with Gasteiger partial charge in [-0.2, -0.15) is 0 Å². The molecule has 1 atom stereocenters. The first-order chi connectivity index (χ1) is 7.02. The van der Waals surface area contributed by atoms with Gasteiger partial charge in [0, 0.05) is 5.56 Å². The van der Waals surface area contributed by atoms with E-state index in [0.717, 1.165) is 6.07 Å². The van der Waals surface area contributed by atoms with E-state index in [-0.39, 0.29) is 12.0 Å². The number of carboxylic acids is 1.